The van der Waals surface area contributed by atoms with Crippen LogP contribution in [0.1, 0.15) is 31.7 Å². The zero-order chi connectivity index (χ0) is 25.8. The van der Waals surface area contributed by atoms with Crippen molar-refractivity contribution in [1.82, 2.24) is 5.32 Å². The summed E-state index contributed by atoms with van der Waals surface area (Å²) in [5, 5.41) is 13.0. The molecular weight excluding hydrogens is 462 g/mol. The molecule has 8 nitrogen and oxygen atoms in total. The molecule has 1 aliphatic heterocycles. The van der Waals surface area contributed by atoms with E-state index in [1.165, 1.54) is 19.2 Å². The highest BCUT2D eigenvalue weighted by molar-refractivity contribution is 6.12. The largest absolute Gasteiger partial charge is 0.508 e. The molecule has 0 aromatic heterocycles. The summed E-state index contributed by atoms with van der Waals surface area (Å²) in [4.78, 5) is 39.5. The van der Waals surface area contributed by atoms with Crippen LogP contribution in [0, 0.1) is 11.8 Å². The molecule has 0 saturated heterocycles. The summed E-state index contributed by atoms with van der Waals surface area (Å²) in [5.41, 5.74) is 2.47. The van der Waals surface area contributed by atoms with Gasteiger partial charge in [-0.1, -0.05) is 37.3 Å². The predicted molar refractivity (Wildman–Crippen MR) is 131 cm³/mol. The molecule has 0 bridgehead atoms. The van der Waals surface area contributed by atoms with Gasteiger partial charge in [-0.25, -0.2) is 4.79 Å². The monoisotopic (exact) mass is 491 g/mol. The third-order valence-corrected chi connectivity index (χ3v) is 6.52. The zero-order valence-electron chi connectivity index (χ0n) is 20.4. The van der Waals surface area contributed by atoms with Crippen LogP contribution in [0.2, 0.25) is 0 Å². The maximum absolute atomic E-state index is 13.7. The lowest BCUT2D eigenvalue weighted by atomic mass is 9.69. The lowest BCUT2D eigenvalue weighted by Gasteiger charge is -2.38. The third-order valence-electron chi connectivity index (χ3n) is 6.52. The van der Waals surface area contributed by atoms with Gasteiger partial charge in [0.25, 0.3) is 0 Å². The normalized spacial score (nSPS) is 21.4. The van der Waals surface area contributed by atoms with Gasteiger partial charge in [0, 0.05) is 22.9 Å². The van der Waals surface area contributed by atoms with Gasteiger partial charge in [0.1, 0.15) is 30.6 Å². The Morgan fingerprint density at radius 3 is 2.42 bits per heavy atom. The summed E-state index contributed by atoms with van der Waals surface area (Å²) < 4.78 is 16.1. The maximum atomic E-state index is 13.7. The molecule has 0 radical (unpaired) electrons. The first-order chi connectivity index (χ1) is 17.3. The minimum Gasteiger partial charge on any atom is -0.508 e. The minimum atomic E-state index is -0.967. The Morgan fingerprint density at radius 2 is 1.75 bits per heavy atom. The van der Waals surface area contributed by atoms with E-state index in [9.17, 15) is 19.5 Å². The average molecular weight is 492 g/mol. The number of carbonyl (C=O) groups excluding carboxylic acids is 3. The summed E-state index contributed by atoms with van der Waals surface area (Å²) in [6.07, 6.45) is 0.444. The fraction of sp³-hybridized carbons (Fsp3) is 0.321. The number of methoxy groups -OCH3 is 1. The van der Waals surface area contributed by atoms with Crippen molar-refractivity contribution < 1.29 is 33.7 Å². The summed E-state index contributed by atoms with van der Waals surface area (Å²) >= 11 is 0. The van der Waals surface area contributed by atoms with Crippen LogP contribution in [-0.2, 0) is 23.9 Å². The molecule has 188 valence electrons. The molecule has 4 rings (SSSR count). The third kappa shape index (κ3) is 4.98. The summed E-state index contributed by atoms with van der Waals surface area (Å²) in [5.74, 6) is -2.86. The van der Waals surface area contributed by atoms with Gasteiger partial charge >= 0.3 is 11.9 Å². The van der Waals surface area contributed by atoms with E-state index in [2.05, 4.69) is 5.32 Å². The Morgan fingerprint density at radius 1 is 1.06 bits per heavy atom. The number of allylic oxidation sites excluding steroid dienone is 3. The van der Waals surface area contributed by atoms with E-state index in [1.54, 1.807) is 19.1 Å². The van der Waals surface area contributed by atoms with E-state index >= 15 is 0 Å². The highest BCUT2D eigenvalue weighted by atomic mass is 16.6. The van der Waals surface area contributed by atoms with Gasteiger partial charge in [0.15, 0.2) is 5.78 Å². The van der Waals surface area contributed by atoms with Crippen LogP contribution in [0.4, 0.5) is 0 Å². The second kappa shape index (κ2) is 10.7. The van der Waals surface area contributed by atoms with Crippen molar-refractivity contribution in [3.8, 4) is 11.5 Å². The molecule has 2 aromatic rings. The number of para-hydroxylation sites is 1. The van der Waals surface area contributed by atoms with Crippen LogP contribution >= 0.6 is 0 Å². The molecule has 8 heteroatoms. The Balaban J connectivity index is 1.63. The minimum absolute atomic E-state index is 0.00841. The number of benzene rings is 2. The average Bonchev–Trinajstić information content (AvgIpc) is 2.86. The highest BCUT2D eigenvalue weighted by Crippen LogP contribution is 2.45. The molecule has 3 atom stereocenters. The van der Waals surface area contributed by atoms with Crippen molar-refractivity contribution in [3.05, 3.63) is 82.7 Å². The summed E-state index contributed by atoms with van der Waals surface area (Å²) in [7, 11) is 1.26. The quantitative estimate of drug-likeness (QED) is 0.343. The molecule has 0 saturated carbocycles. The Kier molecular flexibility index (Phi) is 7.43. The molecule has 2 aliphatic rings. The fourth-order valence-corrected chi connectivity index (χ4v) is 4.84. The number of esters is 2. The van der Waals surface area contributed by atoms with Crippen molar-refractivity contribution in [2.75, 3.05) is 20.3 Å². The number of ketones is 1. The zero-order valence-corrected chi connectivity index (χ0v) is 20.4. The molecule has 0 unspecified atom stereocenters. The molecule has 0 fully saturated rings. The Hall–Kier alpha value is -4.07. The summed E-state index contributed by atoms with van der Waals surface area (Å²) in [6.45, 7) is 3.76. The molecule has 2 aromatic carbocycles. The van der Waals surface area contributed by atoms with Gasteiger partial charge < -0.3 is 24.6 Å². The second-order valence-electron chi connectivity index (χ2n) is 8.92. The molecule has 0 amide bonds. The lowest BCUT2D eigenvalue weighted by Crippen LogP contribution is -2.43. The SMILES string of the molecule is COC(=O)[C@H]1C(=O)C2=C(C[C@H]1C)NC(C)=C(C(=O)OCCOc1ccccc1)[C@@H]2c1ccc(O)cc1. The number of nitrogens with one attached hydrogen (secondary N) is 1. The Labute approximate surface area is 209 Å². The van der Waals surface area contributed by atoms with Crippen molar-refractivity contribution in [2.24, 2.45) is 11.8 Å². The van der Waals surface area contributed by atoms with Crippen LogP contribution in [0.15, 0.2) is 77.1 Å². The number of phenols is 1. The van der Waals surface area contributed by atoms with Gasteiger partial charge in [0.05, 0.1) is 12.7 Å². The highest BCUT2D eigenvalue weighted by Gasteiger charge is 2.47. The Bertz CT molecular complexity index is 1210. The van der Waals surface area contributed by atoms with Crippen molar-refractivity contribution in [3.63, 3.8) is 0 Å². The number of aromatic hydroxyl groups is 1. The maximum Gasteiger partial charge on any atom is 0.336 e. The smallest absolute Gasteiger partial charge is 0.336 e. The van der Waals surface area contributed by atoms with Gasteiger partial charge in [-0.05, 0) is 49.1 Å². The van der Waals surface area contributed by atoms with E-state index < -0.39 is 23.8 Å². The van der Waals surface area contributed by atoms with E-state index in [-0.39, 0.29) is 36.2 Å². The van der Waals surface area contributed by atoms with Gasteiger partial charge in [-0.2, -0.15) is 0 Å². The van der Waals surface area contributed by atoms with E-state index in [0.29, 0.717) is 34.7 Å². The number of hydrogen-bond donors (Lipinski definition) is 2. The first-order valence-electron chi connectivity index (χ1n) is 11.8. The van der Waals surface area contributed by atoms with Crippen LogP contribution in [0.5, 0.6) is 11.5 Å². The number of hydrogen-bond acceptors (Lipinski definition) is 8. The molecule has 1 heterocycles. The lowest BCUT2D eigenvalue weighted by molar-refractivity contribution is -0.151. The molecule has 1 aliphatic carbocycles. The first kappa shape index (κ1) is 25.0. The summed E-state index contributed by atoms with van der Waals surface area (Å²) in [6, 6.07) is 15.5. The van der Waals surface area contributed by atoms with Gasteiger partial charge in [-0.15, -0.1) is 0 Å². The van der Waals surface area contributed by atoms with Crippen molar-refractivity contribution in [2.45, 2.75) is 26.2 Å². The first-order valence-corrected chi connectivity index (χ1v) is 11.8. The topological polar surface area (TPSA) is 111 Å². The second-order valence-corrected chi connectivity index (χ2v) is 8.92. The van der Waals surface area contributed by atoms with Crippen LogP contribution in [0.3, 0.4) is 0 Å². The van der Waals surface area contributed by atoms with E-state index in [4.69, 9.17) is 14.2 Å². The number of carbonyl (C=O) groups is 3. The molecular formula is C28H29NO7. The van der Waals surface area contributed by atoms with Crippen LogP contribution in [-0.4, -0.2) is 43.2 Å². The standard InChI is InChI=1S/C28H29NO7/c1-16-15-21-25(26(31)22(16)27(32)34-3)24(18-9-11-19(30)12-10-18)23(17(2)29-21)28(33)36-14-13-35-20-7-5-4-6-8-20/h4-12,16,22,24,29-30H,13-15H2,1-3H3/t16-,22-,24+/m1/s1. The number of Topliss-reactive ketones (excluding diaryl/α,β-unsaturated/α-hetero) is 1. The number of dihydropyridines is 1. The van der Waals surface area contributed by atoms with Crippen LogP contribution in [0.25, 0.3) is 0 Å². The van der Waals surface area contributed by atoms with E-state index in [1.807, 2.05) is 37.3 Å². The van der Waals surface area contributed by atoms with Gasteiger partial charge in [0.2, 0.25) is 0 Å². The number of rotatable bonds is 7. The fourth-order valence-electron chi connectivity index (χ4n) is 4.84. The number of phenolic OH excluding ortho intramolecular Hbond substituents is 1. The number of ether oxygens (including phenoxy) is 3. The van der Waals surface area contributed by atoms with Crippen molar-refractivity contribution in [1.29, 1.82) is 0 Å². The molecule has 0 spiro atoms. The van der Waals surface area contributed by atoms with Crippen molar-refractivity contribution >= 4 is 17.7 Å². The molecule has 2 N–H and O–H groups in total. The van der Waals surface area contributed by atoms with Crippen LogP contribution < -0.4 is 10.1 Å². The molecule has 36 heavy (non-hydrogen) atoms. The van der Waals surface area contributed by atoms with Gasteiger partial charge in [-0.3, -0.25) is 9.59 Å². The van der Waals surface area contributed by atoms with E-state index in [0.717, 1.165) is 0 Å². The predicted octanol–water partition coefficient (Wildman–Crippen LogP) is 3.63.